The van der Waals surface area contributed by atoms with E-state index >= 15 is 0 Å². The van der Waals surface area contributed by atoms with Gasteiger partial charge in [-0.25, -0.2) is 0 Å². The molecule has 110 valence electrons. The number of ether oxygens (including phenoxy) is 1. The van der Waals surface area contributed by atoms with Crippen molar-refractivity contribution >= 4 is 11.6 Å². The zero-order valence-electron chi connectivity index (χ0n) is 12.1. The molecule has 2 rings (SSSR count). The normalized spacial score (nSPS) is 11.7. The Kier molecular flexibility index (Phi) is 4.77. The molecule has 1 aromatic heterocycles. The first kappa shape index (κ1) is 14.8. The summed E-state index contributed by atoms with van der Waals surface area (Å²) in [6.07, 6.45) is 1.02. The number of carbonyl (C=O) groups is 1. The van der Waals surface area contributed by atoms with Crippen LogP contribution in [0.1, 0.15) is 30.8 Å². The smallest absolute Gasteiger partial charge is 0.272 e. The second kappa shape index (κ2) is 6.74. The SMILES string of the molecule is CCC(C)Oc1cccc(NC(=O)c2cccc(=O)[nH]2)c1. The minimum absolute atomic E-state index is 0.112. The van der Waals surface area contributed by atoms with Crippen LogP contribution in [0, 0.1) is 0 Å². The van der Waals surface area contributed by atoms with E-state index in [0.717, 1.165) is 6.42 Å². The zero-order valence-corrected chi connectivity index (χ0v) is 12.1. The molecule has 0 radical (unpaired) electrons. The first-order chi connectivity index (χ1) is 10.1. The highest BCUT2D eigenvalue weighted by atomic mass is 16.5. The van der Waals surface area contributed by atoms with E-state index in [9.17, 15) is 9.59 Å². The van der Waals surface area contributed by atoms with Crippen molar-refractivity contribution in [1.82, 2.24) is 4.98 Å². The zero-order chi connectivity index (χ0) is 15.2. The van der Waals surface area contributed by atoms with Crippen LogP contribution in [0.4, 0.5) is 5.69 Å². The monoisotopic (exact) mass is 286 g/mol. The van der Waals surface area contributed by atoms with Crippen molar-refractivity contribution in [2.75, 3.05) is 5.32 Å². The molecule has 1 atom stereocenters. The summed E-state index contributed by atoms with van der Waals surface area (Å²) in [6.45, 7) is 4.03. The Hall–Kier alpha value is -2.56. The molecular weight excluding hydrogens is 268 g/mol. The van der Waals surface area contributed by atoms with Crippen LogP contribution in [0.3, 0.4) is 0 Å². The van der Waals surface area contributed by atoms with Gasteiger partial charge in [-0.3, -0.25) is 9.59 Å². The molecule has 0 aliphatic heterocycles. The fourth-order valence-corrected chi connectivity index (χ4v) is 1.74. The molecule has 5 nitrogen and oxygen atoms in total. The van der Waals surface area contributed by atoms with E-state index in [1.54, 1.807) is 24.3 Å². The Morgan fingerprint density at radius 1 is 1.29 bits per heavy atom. The maximum absolute atomic E-state index is 12.0. The van der Waals surface area contributed by atoms with E-state index in [1.165, 1.54) is 12.1 Å². The summed E-state index contributed by atoms with van der Waals surface area (Å²) in [4.78, 5) is 25.7. The highest BCUT2D eigenvalue weighted by molar-refractivity contribution is 6.02. The van der Waals surface area contributed by atoms with Gasteiger partial charge in [-0.05, 0) is 31.5 Å². The van der Waals surface area contributed by atoms with Gasteiger partial charge in [0.05, 0.1) is 6.10 Å². The maximum atomic E-state index is 12.0. The number of rotatable bonds is 5. The van der Waals surface area contributed by atoms with Crippen molar-refractivity contribution in [3.63, 3.8) is 0 Å². The van der Waals surface area contributed by atoms with Crippen LogP contribution in [-0.4, -0.2) is 17.0 Å². The van der Waals surface area contributed by atoms with Gasteiger partial charge in [0.2, 0.25) is 5.56 Å². The second-order valence-corrected chi connectivity index (χ2v) is 4.75. The van der Waals surface area contributed by atoms with Crippen LogP contribution in [0.2, 0.25) is 0 Å². The molecule has 0 aliphatic rings. The molecule has 1 unspecified atom stereocenters. The molecule has 5 heteroatoms. The van der Waals surface area contributed by atoms with Gasteiger partial charge in [-0.1, -0.05) is 19.1 Å². The number of hydrogen-bond donors (Lipinski definition) is 2. The van der Waals surface area contributed by atoms with Crippen molar-refractivity contribution in [2.45, 2.75) is 26.4 Å². The van der Waals surface area contributed by atoms with E-state index in [-0.39, 0.29) is 23.3 Å². The van der Waals surface area contributed by atoms with Gasteiger partial charge >= 0.3 is 0 Å². The molecule has 1 heterocycles. The van der Waals surface area contributed by atoms with Crippen LogP contribution in [0.25, 0.3) is 0 Å². The molecule has 1 amide bonds. The number of benzene rings is 1. The van der Waals surface area contributed by atoms with Crippen LogP contribution in [0.15, 0.2) is 47.3 Å². The first-order valence-corrected chi connectivity index (χ1v) is 6.86. The highest BCUT2D eigenvalue weighted by Gasteiger charge is 2.08. The molecule has 1 aromatic carbocycles. The van der Waals surface area contributed by atoms with Gasteiger partial charge in [-0.2, -0.15) is 0 Å². The molecule has 0 spiro atoms. The van der Waals surface area contributed by atoms with E-state index < -0.39 is 0 Å². The number of amides is 1. The van der Waals surface area contributed by atoms with Crippen LogP contribution >= 0.6 is 0 Å². The number of aromatic amines is 1. The number of aromatic nitrogens is 1. The molecule has 2 N–H and O–H groups in total. The Morgan fingerprint density at radius 2 is 2.05 bits per heavy atom. The summed E-state index contributed by atoms with van der Waals surface area (Å²) in [5.41, 5.74) is 0.526. The summed E-state index contributed by atoms with van der Waals surface area (Å²) in [5.74, 6) is 0.331. The predicted molar refractivity (Wildman–Crippen MR) is 81.8 cm³/mol. The fraction of sp³-hybridized carbons (Fsp3) is 0.250. The molecule has 0 bridgehead atoms. The largest absolute Gasteiger partial charge is 0.491 e. The Labute approximate surface area is 123 Å². The molecular formula is C16H18N2O3. The minimum atomic E-state index is -0.367. The summed E-state index contributed by atoms with van der Waals surface area (Å²) >= 11 is 0. The Morgan fingerprint density at radius 3 is 2.76 bits per heavy atom. The fourth-order valence-electron chi connectivity index (χ4n) is 1.74. The minimum Gasteiger partial charge on any atom is -0.491 e. The first-order valence-electron chi connectivity index (χ1n) is 6.86. The number of H-pyrrole nitrogens is 1. The quantitative estimate of drug-likeness (QED) is 0.887. The van der Waals surface area contributed by atoms with Gasteiger partial charge in [-0.15, -0.1) is 0 Å². The summed E-state index contributed by atoms with van der Waals surface area (Å²) in [7, 11) is 0. The molecule has 0 saturated carbocycles. The van der Waals surface area contributed by atoms with Crippen LogP contribution < -0.4 is 15.6 Å². The van der Waals surface area contributed by atoms with E-state index in [4.69, 9.17) is 4.74 Å². The predicted octanol–water partition coefficient (Wildman–Crippen LogP) is 2.80. The van der Waals surface area contributed by atoms with Gasteiger partial charge in [0, 0.05) is 17.8 Å². The van der Waals surface area contributed by atoms with E-state index in [0.29, 0.717) is 11.4 Å². The van der Waals surface area contributed by atoms with Crippen molar-refractivity contribution in [2.24, 2.45) is 0 Å². The van der Waals surface area contributed by atoms with Gasteiger partial charge in [0.1, 0.15) is 11.4 Å². The second-order valence-electron chi connectivity index (χ2n) is 4.75. The Balaban J connectivity index is 2.11. The van der Waals surface area contributed by atoms with E-state index in [1.807, 2.05) is 19.9 Å². The third-order valence-corrected chi connectivity index (χ3v) is 3.02. The van der Waals surface area contributed by atoms with Crippen LogP contribution in [0.5, 0.6) is 5.75 Å². The van der Waals surface area contributed by atoms with Crippen molar-refractivity contribution in [3.05, 3.63) is 58.5 Å². The van der Waals surface area contributed by atoms with Crippen molar-refractivity contribution < 1.29 is 9.53 Å². The van der Waals surface area contributed by atoms with E-state index in [2.05, 4.69) is 10.3 Å². The summed E-state index contributed by atoms with van der Waals surface area (Å²) in [5, 5.41) is 2.73. The maximum Gasteiger partial charge on any atom is 0.272 e. The standard InChI is InChI=1S/C16H18N2O3/c1-3-11(2)21-13-7-4-6-12(10-13)17-16(20)14-8-5-9-15(19)18-14/h4-11H,3H2,1-2H3,(H,17,20)(H,18,19). The van der Waals surface area contributed by atoms with Crippen LogP contribution in [-0.2, 0) is 0 Å². The molecule has 0 saturated heterocycles. The third-order valence-electron chi connectivity index (χ3n) is 3.02. The number of anilines is 1. The summed E-state index contributed by atoms with van der Waals surface area (Å²) in [6, 6.07) is 11.6. The topological polar surface area (TPSA) is 71.2 Å². The lowest BCUT2D eigenvalue weighted by Crippen LogP contribution is -2.18. The molecule has 21 heavy (non-hydrogen) atoms. The number of carbonyl (C=O) groups excluding carboxylic acids is 1. The lowest BCUT2D eigenvalue weighted by molar-refractivity contribution is 0.102. The molecule has 2 aromatic rings. The summed E-state index contributed by atoms with van der Waals surface area (Å²) < 4.78 is 5.70. The van der Waals surface area contributed by atoms with Gasteiger partial charge in [0.15, 0.2) is 0 Å². The lowest BCUT2D eigenvalue weighted by Gasteiger charge is -2.13. The number of hydrogen-bond acceptors (Lipinski definition) is 3. The third kappa shape index (κ3) is 4.21. The van der Waals surface area contributed by atoms with Crippen molar-refractivity contribution in [3.8, 4) is 5.75 Å². The number of nitrogens with one attached hydrogen (secondary N) is 2. The van der Waals surface area contributed by atoms with Crippen molar-refractivity contribution in [1.29, 1.82) is 0 Å². The average Bonchev–Trinajstić information content (AvgIpc) is 2.47. The van der Waals surface area contributed by atoms with Gasteiger partial charge in [0.25, 0.3) is 5.91 Å². The Bertz CT molecular complexity index is 679. The molecule has 0 aliphatic carbocycles. The molecule has 0 fully saturated rings. The van der Waals surface area contributed by atoms with Gasteiger partial charge < -0.3 is 15.0 Å². The highest BCUT2D eigenvalue weighted by Crippen LogP contribution is 2.19. The lowest BCUT2D eigenvalue weighted by atomic mass is 10.2. The number of pyridine rings is 1. The average molecular weight is 286 g/mol.